The normalized spacial score (nSPS) is 18.2. The molecule has 2 aromatic rings. The van der Waals surface area contributed by atoms with E-state index in [1.54, 1.807) is 12.1 Å². The van der Waals surface area contributed by atoms with Gasteiger partial charge in [-0.25, -0.2) is 4.98 Å². The number of nitrogens with one attached hydrogen (secondary N) is 1. The molecular weight excluding hydrogens is 362 g/mol. The van der Waals surface area contributed by atoms with Gasteiger partial charge >= 0.3 is 0 Å². The molecule has 1 amide bonds. The van der Waals surface area contributed by atoms with Crippen molar-refractivity contribution in [2.75, 3.05) is 51.5 Å². The van der Waals surface area contributed by atoms with Crippen LogP contribution in [-0.4, -0.2) is 62.9 Å². The molecule has 2 heterocycles. The number of methoxy groups -OCH3 is 2. The highest BCUT2D eigenvalue weighted by molar-refractivity contribution is 5.91. The Morgan fingerprint density at radius 1 is 1.39 bits per heavy atom. The number of nitrogens with zero attached hydrogens (tertiary/aromatic N) is 3. The summed E-state index contributed by atoms with van der Waals surface area (Å²) in [5.41, 5.74) is 6.52. The van der Waals surface area contributed by atoms with E-state index in [1.807, 2.05) is 0 Å². The first-order valence-corrected chi connectivity index (χ1v) is 9.10. The molecule has 1 aromatic carbocycles. The highest BCUT2D eigenvalue weighted by atomic mass is 16.5. The number of ether oxygens (including phenoxy) is 3. The minimum Gasteiger partial charge on any atom is -0.493 e. The molecule has 9 heteroatoms. The van der Waals surface area contributed by atoms with Crippen LogP contribution in [0.15, 0.2) is 12.1 Å². The monoisotopic (exact) mass is 392 g/mol. The summed E-state index contributed by atoms with van der Waals surface area (Å²) in [6.07, 6.45) is 1.52. The van der Waals surface area contributed by atoms with E-state index in [1.165, 1.54) is 14.2 Å². The number of nitrogen functional groups attached to an aromatic ring is 1. The highest BCUT2D eigenvalue weighted by Crippen LogP contribution is 2.33. The van der Waals surface area contributed by atoms with Crippen molar-refractivity contribution < 1.29 is 23.1 Å². The molecule has 0 spiro atoms. The second kappa shape index (κ2) is 8.92. The molecule has 9 nitrogen and oxygen atoms in total. The minimum atomic E-state index is -2.49. The first-order chi connectivity index (χ1) is 14.7. The highest BCUT2D eigenvalue weighted by Gasteiger charge is 2.22. The minimum absolute atomic E-state index is 0.0253. The number of fused-ring (bicyclic) bond motifs is 1. The number of hydrogen-bond acceptors (Lipinski definition) is 8. The average Bonchev–Trinajstić information content (AvgIpc) is 3.26. The van der Waals surface area contributed by atoms with Crippen molar-refractivity contribution in [2.24, 2.45) is 0 Å². The fraction of sp³-hybridized carbons (Fsp3) is 0.526. The molecule has 152 valence electrons. The van der Waals surface area contributed by atoms with Crippen molar-refractivity contribution >= 4 is 28.6 Å². The maximum atomic E-state index is 12.0. The fourth-order valence-electron chi connectivity index (χ4n) is 3.03. The van der Waals surface area contributed by atoms with Gasteiger partial charge in [0.25, 0.3) is 0 Å². The Balaban J connectivity index is 1.77. The number of nitrogens with two attached hydrogens (primary N) is 1. The third-order valence-electron chi connectivity index (χ3n) is 4.54. The number of amides is 1. The number of aromatic nitrogens is 2. The maximum absolute atomic E-state index is 12.0. The van der Waals surface area contributed by atoms with Gasteiger partial charge in [0.05, 0.1) is 19.7 Å². The SMILES string of the molecule is [2H]C([2H])([2H])N(CCCNC(=O)C1CCCO1)c1nc(N)c2cc(OC)c(OC)cc2n1. The third kappa shape index (κ3) is 4.36. The quantitative estimate of drug-likeness (QED) is 0.648. The van der Waals surface area contributed by atoms with Gasteiger partial charge in [-0.15, -0.1) is 0 Å². The van der Waals surface area contributed by atoms with Crippen molar-refractivity contribution in [1.82, 2.24) is 15.3 Å². The van der Waals surface area contributed by atoms with E-state index in [-0.39, 0.29) is 24.2 Å². The Bertz CT molecular complexity index is 935. The average molecular weight is 392 g/mol. The molecule has 1 aromatic heterocycles. The lowest BCUT2D eigenvalue weighted by Crippen LogP contribution is -2.36. The molecule has 28 heavy (non-hydrogen) atoms. The zero-order chi connectivity index (χ0) is 22.6. The van der Waals surface area contributed by atoms with Crippen molar-refractivity contribution in [2.45, 2.75) is 25.4 Å². The predicted octanol–water partition coefficient (Wildman–Crippen LogP) is 1.35. The van der Waals surface area contributed by atoms with Gasteiger partial charge in [0, 0.05) is 42.2 Å². The van der Waals surface area contributed by atoms with Crippen LogP contribution in [0.25, 0.3) is 10.9 Å². The number of carbonyl (C=O) groups excluding carboxylic acids is 1. The number of rotatable bonds is 8. The molecule has 1 atom stereocenters. The molecule has 0 radical (unpaired) electrons. The molecule has 0 bridgehead atoms. The van der Waals surface area contributed by atoms with E-state index < -0.39 is 13.1 Å². The van der Waals surface area contributed by atoms with Crippen LogP contribution >= 0.6 is 0 Å². The van der Waals surface area contributed by atoms with Gasteiger partial charge in [-0.05, 0) is 25.3 Å². The van der Waals surface area contributed by atoms with Crippen molar-refractivity contribution in [1.29, 1.82) is 0 Å². The van der Waals surface area contributed by atoms with Crippen LogP contribution in [0.5, 0.6) is 11.5 Å². The Morgan fingerprint density at radius 2 is 2.18 bits per heavy atom. The van der Waals surface area contributed by atoms with Gasteiger partial charge in [-0.3, -0.25) is 4.79 Å². The Kier molecular flexibility index (Phi) is 5.15. The van der Waals surface area contributed by atoms with Crippen LogP contribution in [0.1, 0.15) is 23.4 Å². The summed E-state index contributed by atoms with van der Waals surface area (Å²) in [5, 5.41) is 3.31. The molecule has 3 N–H and O–H groups in total. The van der Waals surface area contributed by atoms with Gasteiger partial charge < -0.3 is 30.2 Å². The van der Waals surface area contributed by atoms with Gasteiger partial charge in [-0.2, -0.15) is 4.98 Å². The van der Waals surface area contributed by atoms with E-state index >= 15 is 0 Å². The molecule has 3 rings (SSSR count). The predicted molar refractivity (Wildman–Crippen MR) is 107 cm³/mol. The number of anilines is 2. The summed E-state index contributed by atoms with van der Waals surface area (Å²) in [7, 11) is 3.00. The lowest BCUT2D eigenvalue weighted by atomic mass is 10.2. The van der Waals surface area contributed by atoms with Crippen molar-refractivity contribution in [3.63, 3.8) is 0 Å². The number of benzene rings is 1. The number of hydrogen-bond donors (Lipinski definition) is 2. The molecule has 1 aliphatic heterocycles. The van der Waals surface area contributed by atoms with Crippen LogP contribution in [0.3, 0.4) is 0 Å². The maximum Gasteiger partial charge on any atom is 0.249 e. The van der Waals surface area contributed by atoms with Crippen LogP contribution in [0.2, 0.25) is 0 Å². The molecule has 1 unspecified atom stereocenters. The van der Waals surface area contributed by atoms with E-state index in [0.29, 0.717) is 48.4 Å². The van der Waals surface area contributed by atoms with E-state index in [0.717, 1.165) is 11.3 Å². The summed E-state index contributed by atoms with van der Waals surface area (Å²) in [6, 6.07) is 3.27. The van der Waals surface area contributed by atoms with E-state index in [2.05, 4.69) is 15.3 Å². The Morgan fingerprint density at radius 3 is 2.86 bits per heavy atom. The topological polar surface area (TPSA) is 112 Å². The molecular formula is C19H27N5O4. The summed E-state index contributed by atoms with van der Waals surface area (Å²) in [4.78, 5) is 21.7. The molecule has 0 saturated carbocycles. The van der Waals surface area contributed by atoms with Gasteiger partial charge in [0.15, 0.2) is 11.5 Å². The lowest BCUT2D eigenvalue weighted by molar-refractivity contribution is -0.130. The summed E-state index contributed by atoms with van der Waals surface area (Å²) in [6.45, 7) is -1.50. The standard InChI is InChI=1S/C19H27N5O4/c1-24(8-5-7-21-18(25)14-6-4-9-28-14)19-22-13-11-16(27-3)15(26-2)10-12(13)17(20)23-19/h10-11,14H,4-9H2,1-3H3,(H,21,25)(H2,20,22,23)/i1D3. The Hall–Kier alpha value is -2.81. The lowest BCUT2D eigenvalue weighted by Gasteiger charge is -2.19. The van der Waals surface area contributed by atoms with Crippen LogP contribution < -0.4 is 25.4 Å². The zero-order valence-electron chi connectivity index (χ0n) is 19.0. The number of carbonyl (C=O) groups is 1. The van der Waals surface area contributed by atoms with E-state index in [4.69, 9.17) is 24.1 Å². The van der Waals surface area contributed by atoms with Crippen molar-refractivity contribution in [3.05, 3.63) is 12.1 Å². The summed E-state index contributed by atoms with van der Waals surface area (Å²) in [5.74, 6) is 0.832. The molecule has 0 aliphatic carbocycles. The first-order valence-electron chi connectivity index (χ1n) is 10.6. The summed E-state index contributed by atoms with van der Waals surface area (Å²) >= 11 is 0. The smallest absolute Gasteiger partial charge is 0.249 e. The second-order valence-corrected chi connectivity index (χ2v) is 6.43. The zero-order valence-corrected chi connectivity index (χ0v) is 16.0. The van der Waals surface area contributed by atoms with E-state index in [9.17, 15) is 4.79 Å². The van der Waals surface area contributed by atoms with Crippen molar-refractivity contribution in [3.8, 4) is 11.5 Å². The summed E-state index contributed by atoms with van der Waals surface area (Å²) < 4.78 is 39.6. The third-order valence-corrected chi connectivity index (χ3v) is 4.54. The van der Waals surface area contributed by atoms with Crippen LogP contribution in [0, 0.1) is 0 Å². The van der Waals surface area contributed by atoms with Gasteiger partial charge in [0.2, 0.25) is 11.9 Å². The molecule has 1 saturated heterocycles. The molecule has 1 fully saturated rings. The largest absolute Gasteiger partial charge is 0.493 e. The second-order valence-electron chi connectivity index (χ2n) is 6.43. The van der Waals surface area contributed by atoms with Crippen LogP contribution in [0.4, 0.5) is 11.8 Å². The fourth-order valence-corrected chi connectivity index (χ4v) is 3.03. The van der Waals surface area contributed by atoms with Gasteiger partial charge in [-0.1, -0.05) is 0 Å². The van der Waals surface area contributed by atoms with Crippen LogP contribution in [-0.2, 0) is 9.53 Å². The Labute approximate surface area is 168 Å². The first kappa shape index (κ1) is 16.2. The van der Waals surface area contributed by atoms with Gasteiger partial charge in [0.1, 0.15) is 11.9 Å². The molecule has 1 aliphatic rings.